The summed E-state index contributed by atoms with van der Waals surface area (Å²) in [7, 11) is -1.98. The molecule has 0 aliphatic rings. The Labute approximate surface area is 128 Å². The third-order valence-electron chi connectivity index (χ3n) is 3.88. The van der Waals surface area contributed by atoms with Crippen molar-refractivity contribution < 1.29 is 8.42 Å². The van der Waals surface area contributed by atoms with Crippen LogP contribution in [0.25, 0.3) is 0 Å². The maximum absolute atomic E-state index is 12.8. The Balaban J connectivity index is 3.14. The number of H-pyrrole nitrogens is 1. The molecule has 1 rings (SSSR count). The Morgan fingerprint density at radius 2 is 1.81 bits per heavy atom. The van der Waals surface area contributed by atoms with Gasteiger partial charge in [-0.05, 0) is 19.8 Å². The topological polar surface area (TPSA) is 78.1 Å². The summed E-state index contributed by atoms with van der Waals surface area (Å²) in [5.74, 6) is 0.238. The Hall–Kier alpha value is -0.920. The van der Waals surface area contributed by atoms with E-state index in [4.69, 9.17) is 0 Å². The fourth-order valence-electron chi connectivity index (χ4n) is 1.93. The van der Waals surface area contributed by atoms with Gasteiger partial charge < -0.3 is 5.32 Å². The van der Waals surface area contributed by atoms with E-state index in [0.29, 0.717) is 12.1 Å². The highest BCUT2D eigenvalue weighted by Gasteiger charge is 2.31. The van der Waals surface area contributed by atoms with E-state index in [0.717, 1.165) is 5.69 Å². The molecule has 21 heavy (non-hydrogen) atoms. The summed E-state index contributed by atoms with van der Waals surface area (Å²) >= 11 is 0. The number of aryl methyl sites for hydroxylation is 1. The number of hydrogen-bond donors (Lipinski definition) is 2. The largest absolute Gasteiger partial charge is 0.310 e. The van der Waals surface area contributed by atoms with Crippen LogP contribution in [-0.4, -0.2) is 42.1 Å². The fourth-order valence-corrected chi connectivity index (χ4v) is 3.58. The van der Waals surface area contributed by atoms with Gasteiger partial charge >= 0.3 is 0 Å². The van der Waals surface area contributed by atoms with Crippen LogP contribution in [0.4, 0.5) is 0 Å². The molecular formula is C14H28N4O2S. The van der Waals surface area contributed by atoms with E-state index >= 15 is 0 Å². The molecule has 0 saturated heterocycles. The molecule has 0 radical (unpaired) electrons. The SMILES string of the molecule is Cc1[nH]nc(S(=O)(=O)N(C)C(C)C(C)C)c1CNC(C)C. The van der Waals surface area contributed by atoms with Gasteiger partial charge in [0, 0.05) is 36.9 Å². The first-order chi connectivity index (χ1) is 9.59. The Kier molecular flexibility index (Phi) is 5.95. The van der Waals surface area contributed by atoms with Gasteiger partial charge in [-0.3, -0.25) is 5.10 Å². The van der Waals surface area contributed by atoms with Gasteiger partial charge in [0.25, 0.3) is 10.0 Å². The minimum absolute atomic E-state index is 0.0853. The van der Waals surface area contributed by atoms with Gasteiger partial charge in [0.05, 0.1) is 0 Å². The highest BCUT2D eigenvalue weighted by Crippen LogP contribution is 2.23. The van der Waals surface area contributed by atoms with E-state index in [9.17, 15) is 8.42 Å². The lowest BCUT2D eigenvalue weighted by molar-refractivity contribution is 0.314. The molecule has 1 aromatic heterocycles. The smallest absolute Gasteiger partial charge is 0.262 e. The molecule has 0 aliphatic heterocycles. The summed E-state index contributed by atoms with van der Waals surface area (Å²) in [5, 5.41) is 10.2. The van der Waals surface area contributed by atoms with Gasteiger partial charge in [0.2, 0.25) is 0 Å². The van der Waals surface area contributed by atoms with E-state index in [2.05, 4.69) is 15.5 Å². The average Bonchev–Trinajstić information content (AvgIpc) is 2.76. The Morgan fingerprint density at radius 1 is 1.24 bits per heavy atom. The molecule has 2 N–H and O–H groups in total. The molecule has 1 aromatic rings. The monoisotopic (exact) mass is 316 g/mol. The number of hydrogen-bond acceptors (Lipinski definition) is 4. The van der Waals surface area contributed by atoms with Gasteiger partial charge in [-0.1, -0.05) is 27.7 Å². The van der Waals surface area contributed by atoms with Crippen LogP contribution in [-0.2, 0) is 16.6 Å². The second-order valence-electron chi connectivity index (χ2n) is 6.17. The third kappa shape index (κ3) is 4.05. The molecule has 0 spiro atoms. The second kappa shape index (κ2) is 6.89. The standard InChI is InChI=1S/C14H28N4O2S/c1-9(2)12(6)18(7)21(19,20)14-13(8-15-10(3)4)11(5)16-17-14/h9-10,12,15H,8H2,1-7H3,(H,16,17). The van der Waals surface area contributed by atoms with Crippen LogP contribution in [0.1, 0.15) is 45.9 Å². The predicted molar refractivity (Wildman–Crippen MR) is 84.5 cm³/mol. The maximum atomic E-state index is 12.8. The minimum atomic E-state index is -3.59. The maximum Gasteiger partial charge on any atom is 0.262 e. The van der Waals surface area contributed by atoms with Crippen molar-refractivity contribution in [2.24, 2.45) is 5.92 Å². The third-order valence-corrected chi connectivity index (χ3v) is 5.80. The first-order valence-electron chi connectivity index (χ1n) is 7.34. The summed E-state index contributed by atoms with van der Waals surface area (Å²) in [6, 6.07) is 0.195. The van der Waals surface area contributed by atoms with Crippen molar-refractivity contribution in [3.05, 3.63) is 11.3 Å². The molecule has 0 amide bonds. The first kappa shape index (κ1) is 18.1. The van der Waals surface area contributed by atoms with Gasteiger partial charge in [0.1, 0.15) is 0 Å². The quantitative estimate of drug-likeness (QED) is 0.805. The van der Waals surface area contributed by atoms with Crippen LogP contribution in [0.3, 0.4) is 0 Å². The van der Waals surface area contributed by atoms with Crippen LogP contribution < -0.4 is 5.32 Å². The molecule has 0 fully saturated rings. The molecule has 1 atom stereocenters. The number of aromatic nitrogens is 2. The molecule has 7 heteroatoms. The molecule has 0 bridgehead atoms. The summed E-state index contributed by atoms with van der Waals surface area (Å²) in [4.78, 5) is 0. The van der Waals surface area contributed by atoms with E-state index in [1.165, 1.54) is 4.31 Å². The predicted octanol–water partition coefficient (Wildman–Crippen LogP) is 1.88. The van der Waals surface area contributed by atoms with Gasteiger partial charge in [-0.15, -0.1) is 0 Å². The van der Waals surface area contributed by atoms with Crippen molar-refractivity contribution in [1.82, 2.24) is 19.8 Å². The van der Waals surface area contributed by atoms with Crippen molar-refractivity contribution in [3.8, 4) is 0 Å². The number of nitrogens with one attached hydrogen (secondary N) is 2. The lowest BCUT2D eigenvalue weighted by Gasteiger charge is -2.26. The minimum Gasteiger partial charge on any atom is -0.310 e. The van der Waals surface area contributed by atoms with Crippen LogP contribution in [0, 0.1) is 12.8 Å². The average molecular weight is 316 g/mol. The van der Waals surface area contributed by atoms with Crippen LogP contribution in [0.15, 0.2) is 5.03 Å². The van der Waals surface area contributed by atoms with E-state index < -0.39 is 10.0 Å². The van der Waals surface area contributed by atoms with Crippen molar-refractivity contribution in [2.75, 3.05) is 7.05 Å². The Bertz CT molecular complexity index is 564. The summed E-state index contributed by atoms with van der Waals surface area (Å²) in [5.41, 5.74) is 1.50. The van der Waals surface area contributed by atoms with Crippen molar-refractivity contribution in [3.63, 3.8) is 0 Å². The first-order valence-corrected chi connectivity index (χ1v) is 8.78. The molecule has 0 aliphatic carbocycles. The molecule has 122 valence electrons. The van der Waals surface area contributed by atoms with Gasteiger partial charge in [0.15, 0.2) is 5.03 Å². The molecule has 6 nitrogen and oxygen atoms in total. The summed E-state index contributed by atoms with van der Waals surface area (Å²) in [6.45, 7) is 12.3. The van der Waals surface area contributed by atoms with Crippen molar-refractivity contribution in [2.45, 2.75) is 65.2 Å². The van der Waals surface area contributed by atoms with E-state index in [1.54, 1.807) is 7.05 Å². The van der Waals surface area contributed by atoms with Crippen LogP contribution in [0.2, 0.25) is 0 Å². The second-order valence-corrected chi connectivity index (χ2v) is 8.09. The van der Waals surface area contributed by atoms with E-state index in [1.807, 2.05) is 41.5 Å². The normalized spacial score (nSPS) is 14.4. The lowest BCUT2D eigenvalue weighted by atomic mass is 10.1. The molecule has 1 unspecified atom stereocenters. The number of aromatic amines is 1. The van der Waals surface area contributed by atoms with Gasteiger partial charge in [-0.2, -0.15) is 9.40 Å². The summed E-state index contributed by atoms with van der Waals surface area (Å²) in [6.07, 6.45) is 0. The molecule has 1 heterocycles. The fraction of sp³-hybridized carbons (Fsp3) is 0.786. The molecule has 0 aromatic carbocycles. The van der Waals surface area contributed by atoms with Crippen molar-refractivity contribution >= 4 is 10.0 Å². The van der Waals surface area contributed by atoms with Crippen molar-refractivity contribution in [1.29, 1.82) is 0 Å². The highest BCUT2D eigenvalue weighted by molar-refractivity contribution is 7.89. The van der Waals surface area contributed by atoms with Crippen LogP contribution >= 0.6 is 0 Å². The summed E-state index contributed by atoms with van der Waals surface area (Å²) < 4.78 is 27.0. The molecule has 0 saturated carbocycles. The highest BCUT2D eigenvalue weighted by atomic mass is 32.2. The number of sulfonamides is 1. The zero-order chi connectivity index (χ0) is 16.4. The zero-order valence-electron chi connectivity index (χ0n) is 14.1. The molecular weight excluding hydrogens is 288 g/mol. The van der Waals surface area contributed by atoms with Crippen LogP contribution in [0.5, 0.6) is 0 Å². The zero-order valence-corrected chi connectivity index (χ0v) is 14.9. The lowest BCUT2D eigenvalue weighted by Crippen LogP contribution is -2.39. The number of rotatable bonds is 7. The Morgan fingerprint density at radius 3 is 2.29 bits per heavy atom. The van der Waals surface area contributed by atoms with E-state index in [-0.39, 0.29) is 23.0 Å². The number of nitrogens with zero attached hydrogens (tertiary/aromatic N) is 2. The van der Waals surface area contributed by atoms with Gasteiger partial charge in [-0.25, -0.2) is 8.42 Å².